The number of amides is 1. The summed E-state index contributed by atoms with van der Waals surface area (Å²) >= 11 is 0. The van der Waals surface area contributed by atoms with Crippen LogP contribution in [0.15, 0.2) is 29.1 Å². The van der Waals surface area contributed by atoms with Gasteiger partial charge in [0.1, 0.15) is 0 Å². The molecule has 0 unspecified atom stereocenters. The molecule has 0 atom stereocenters. The number of aliphatic hydroxyl groups is 1. The standard InChI is InChI=1S/C21H25N5O3/c27-16-6-4-15(5-7-16)26-19-8-3-13(9-18(19)23-21(26)29)20(28)22-11-14-10-17(25-24-14)12-1-2-12/h3,8-10,12,15-16,27H,1-2,4-7,11H2,(H,22,28)(H,23,29)(H,24,25). The first-order valence-corrected chi connectivity index (χ1v) is 10.3. The highest BCUT2D eigenvalue weighted by atomic mass is 16.3. The van der Waals surface area contributed by atoms with E-state index in [1.165, 1.54) is 12.8 Å². The second-order valence-electron chi connectivity index (χ2n) is 8.27. The van der Waals surface area contributed by atoms with Crippen LogP contribution in [0.4, 0.5) is 0 Å². The van der Waals surface area contributed by atoms with Crippen LogP contribution >= 0.6 is 0 Å². The van der Waals surface area contributed by atoms with E-state index in [0.717, 1.165) is 29.7 Å². The van der Waals surface area contributed by atoms with Crippen LogP contribution in [-0.4, -0.2) is 36.9 Å². The van der Waals surface area contributed by atoms with Gasteiger partial charge in [0, 0.05) is 17.5 Å². The molecule has 5 rings (SSSR count). The normalized spacial score (nSPS) is 22.1. The predicted octanol–water partition coefficient (Wildman–Crippen LogP) is 2.34. The topological polar surface area (TPSA) is 116 Å². The number of aromatic amines is 2. The molecule has 0 aliphatic heterocycles. The van der Waals surface area contributed by atoms with E-state index < -0.39 is 0 Å². The number of fused-ring (bicyclic) bond motifs is 1. The first kappa shape index (κ1) is 18.2. The Morgan fingerprint density at radius 2 is 1.97 bits per heavy atom. The van der Waals surface area contributed by atoms with Gasteiger partial charge in [0.25, 0.3) is 5.91 Å². The molecule has 0 bridgehead atoms. The van der Waals surface area contributed by atoms with E-state index in [1.54, 1.807) is 16.7 Å². The van der Waals surface area contributed by atoms with E-state index in [1.807, 2.05) is 12.1 Å². The Kier molecular flexibility index (Phi) is 4.50. The molecule has 2 saturated carbocycles. The molecule has 2 aliphatic rings. The van der Waals surface area contributed by atoms with Crippen LogP contribution in [-0.2, 0) is 6.54 Å². The van der Waals surface area contributed by atoms with Gasteiger partial charge in [0.05, 0.1) is 35.1 Å². The molecular formula is C21H25N5O3. The predicted molar refractivity (Wildman–Crippen MR) is 108 cm³/mol. The summed E-state index contributed by atoms with van der Waals surface area (Å²) in [6.07, 6.45) is 5.09. The molecule has 2 aromatic heterocycles. The zero-order chi connectivity index (χ0) is 20.0. The van der Waals surface area contributed by atoms with Crippen molar-refractivity contribution >= 4 is 16.9 Å². The van der Waals surface area contributed by atoms with Crippen molar-refractivity contribution in [2.24, 2.45) is 0 Å². The lowest BCUT2D eigenvalue weighted by atomic mass is 9.93. The third-order valence-corrected chi connectivity index (χ3v) is 6.10. The summed E-state index contributed by atoms with van der Waals surface area (Å²) in [6.45, 7) is 0.387. The first-order chi connectivity index (χ1) is 14.1. The lowest BCUT2D eigenvalue weighted by Gasteiger charge is -2.26. The number of aliphatic hydroxyl groups excluding tert-OH is 1. The van der Waals surface area contributed by atoms with Crippen LogP contribution in [0.5, 0.6) is 0 Å². The smallest absolute Gasteiger partial charge is 0.326 e. The molecule has 0 radical (unpaired) electrons. The van der Waals surface area contributed by atoms with Gasteiger partial charge in [-0.2, -0.15) is 5.10 Å². The van der Waals surface area contributed by atoms with Gasteiger partial charge in [-0.25, -0.2) is 4.79 Å². The van der Waals surface area contributed by atoms with E-state index in [2.05, 4.69) is 20.5 Å². The van der Waals surface area contributed by atoms with Crippen LogP contribution in [0.3, 0.4) is 0 Å². The third kappa shape index (κ3) is 3.60. The Morgan fingerprint density at radius 3 is 2.72 bits per heavy atom. The molecule has 0 saturated heterocycles. The summed E-state index contributed by atoms with van der Waals surface area (Å²) in [4.78, 5) is 28.0. The molecule has 0 spiro atoms. The van der Waals surface area contributed by atoms with Crippen molar-refractivity contribution < 1.29 is 9.90 Å². The Balaban J connectivity index is 1.31. The van der Waals surface area contributed by atoms with Crippen molar-refractivity contribution in [1.82, 2.24) is 25.1 Å². The summed E-state index contributed by atoms with van der Waals surface area (Å²) < 4.78 is 1.77. The van der Waals surface area contributed by atoms with E-state index in [-0.39, 0.29) is 23.7 Å². The van der Waals surface area contributed by atoms with Crippen molar-refractivity contribution in [3.63, 3.8) is 0 Å². The van der Waals surface area contributed by atoms with E-state index in [4.69, 9.17) is 0 Å². The fourth-order valence-electron chi connectivity index (χ4n) is 4.29. The minimum atomic E-state index is -0.266. The highest BCUT2D eigenvalue weighted by Gasteiger charge is 2.26. The third-order valence-electron chi connectivity index (χ3n) is 6.10. The summed E-state index contributed by atoms with van der Waals surface area (Å²) in [6, 6.07) is 7.40. The maximum Gasteiger partial charge on any atom is 0.326 e. The van der Waals surface area contributed by atoms with Crippen molar-refractivity contribution in [2.45, 2.75) is 63.1 Å². The maximum absolute atomic E-state index is 12.6. The molecule has 2 heterocycles. The molecular weight excluding hydrogens is 370 g/mol. The van der Waals surface area contributed by atoms with Gasteiger partial charge in [-0.15, -0.1) is 0 Å². The van der Waals surface area contributed by atoms with Crippen LogP contribution in [0.25, 0.3) is 11.0 Å². The number of carbonyl (C=O) groups is 1. The zero-order valence-electron chi connectivity index (χ0n) is 16.1. The number of hydrogen-bond donors (Lipinski definition) is 4. The largest absolute Gasteiger partial charge is 0.393 e. The Labute approximate surface area is 167 Å². The summed E-state index contributed by atoms with van der Waals surface area (Å²) in [5.41, 5.74) is 3.77. The number of imidazole rings is 1. The number of H-pyrrole nitrogens is 2. The van der Waals surface area contributed by atoms with Gasteiger partial charge < -0.3 is 15.4 Å². The van der Waals surface area contributed by atoms with Crippen molar-refractivity contribution in [3.8, 4) is 0 Å². The van der Waals surface area contributed by atoms with Gasteiger partial charge in [-0.3, -0.25) is 14.5 Å². The first-order valence-electron chi connectivity index (χ1n) is 10.3. The number of carbonyl (C=O) groups excluding carboxylic acids is 1. The fourth-order valence-corrected chi connectivity index (χ4v) is 4.29. The highest BCUT2D eigenvalue weighted by Crippen LogP contribution is 2.39. The van der Waals surface area contributed by atoms with Crippen LogP contribution in [0.1, 0.15) is 72.2 Å². The Bertz CT molecular complexity index is 1100. The summed E-state index contributed by atoms with van der Waals surface area (Å²) in [7, 11) is 0. The molecule has 1 aromatic carbocycles. The van der Waals surface area contributed by atoms with E-state index >= 15 is 0 Å². The van der Waals surface area contributed by atoms with Crippen LogP contribution in [0, 0.1) is 0 Å². The van der Waals surface area contributed by atoms with Crippen molar-refractivity contribution in [2.75, 3.05) is 0 Å². The second-order valence-corrected chi connectivity index (χ2v) is 8.27. The summed E-state index contributed by atoms with van der Waals surface area (Å²) in [5, 5.41) is 19.9. The Hall–Kier alpha value is -2.87. The SMILES string of the molecule is O=C(NCc1cc(C2CC2)n[nH]1)c1ccc2c(c1)[nH]c(=O)n2C1CCC(O)CC1. The Morgan fingerprint density at radius 1 is 1.17 bits per heavy atom. The molecule has 8 heteroatoms. The van der Waals surface area contributed by atoms with Crippen LogP contribution in [0.2, 0.25) is 0 Å². The molecule has 3 aromatic rings. The molecule has 2 aliphatic carbocycles. The minimum absolute atomic E-state index is 0.0837. The highest BCUT2D eigenvalue weighted by molar-refractivity contribution is 5.97. The molecule has 4 N–H and O–H groups in total. The van der Waals surface area contributed by atoms with Crippen molar-refractivity contribution in [1.29, 1.82) is 0 Å². The molecule has 8 nitrogen and oxygen atoms in total. The molecule has 2 fully saturated rings. The number of hydrogen-bond acceptors (Lipinski definition) is 4. The number of benzene rings is 1. The summed E-state index contributed by atoms with van der Waals surface area (Å²) in [5.74, 6) is 0.384. The lowest BCUT2D eigenvalue weighted by molar-refractivity contribution is 0.0950. The average molecular weight is 395 g/mol. The molecule has 152 valence electrons. The fraction of sp³-hybridized carbons (Fsp3) is 0.476. The molecule has 29 heavy (non-hydrogen) atoms. The quantitative estimate of drug-likeness (QED) is 0.531. The minimum Gasteiger partial charge on any atom is -0.393 e. The van der Waals surface area contributed by atoms with E-state index in [9.17, 15) is 14.7 Å². The van der Waals surface area contributed by atoms with Gasteiger partial charge >= 0.3 is 5.69 Å². The molecule has 1 amide bonds. The van der Waals surface area contributed by atoms with Gasteiger partial charge in [0.15, 0.2) is 0 Å². The number of aromatic nitrogens is 4. The second kappa shape index (κ2) is 7.18. The van der Waals surface area contributed by atoms with Crippen LogP contribution < -0.4 is 11.0 Å². The maximum atomic E-state index is 12.6. The monoisotopic (exact) mass is 395 g/mol. The van der Waals surface area contributed by atoms with Crippen molar-refractivity contribution in [3.05, 3.63) is 51.7 Å². The van der Waals surface area contributed by atoms with Gasteiger partial charge in [0.2, 0.25) is 0 Å². The van der Waals surface area contributed by atoms with E-state index in [0.29, 0.717) is 36.4 Å². The lowest BCUT2D eigenvalue weighted by Crippen LogP contribution is -2.27. The average Bonchev–Trinajstić information content (AvgIpc) is 3.37. The number of nitrogens with one attached hydrogen (secondary N) is 3. The van der Waals surface area contributed by atoms with Gasteiger partial charge in [-0.05, 0) is 62.8 Å². The number of rotatable bonds is 5. The number of nitrogens with zero attached hydrogens (tertiary/aromatic N) is 2. The van der Waals surface area contributed by atoms with Gasteiger partial charge in [-0.1, -0.05) is 0 Å². The zero-order valence-corrected chi connectivity index (χ0v) is 16.1.